The van der Waals surface area contributed by atoms with Crippen LogP contribution < -0.4 is 5.73 Å². The Labute approximate surface area is 127 Å². The number of ether oxygens (including phenoxy) is 1. The molecular formula is C14H18FN3O2S. The smallest absolute Gasteiger partial charge is 0.243 e. The second kappa shape index (κ2) is 8.11. The number of benzene rings is 1. The fraction of sp³-hybridized carbons (Fsp3) is 0.429. The number of hydrogen-bond acceptors (Lipinski definition) is 6. The second-order valence-electron chi connectivity index (χ2n) is 4.53. The number of hydrogen-bond donors (Lipinski definition) is 1. The van der Waals surface area contributed by atoms with E-state index >= 15 is 0 Å². The zero-order chi connectivity index (χ0) is 15.1. The van der Waals surface area contributed by atoms with Crippen LogP contribution in [0.2, 0.25) is 0 Å². The lowest BCUT2D eigenvalue weighted by atomic mass is 10.2. The van der Waals surface area contributed by atoms with Crippen molar-refractivity contribution in [1.82, 2.24) is 10.1 Å². The van der Waals surface area contributed by atoms with Gasteiger partial charge in [0.25, 0.3) is 0 Å². The van der Waals surface area contributed by atoms with Crippen LogP contribution in [-0.4, -0.2) is 23.9 Å². The molecule has 2 rings (SSSR count). The van der Waals surface area contributed by atoms with E-state index in [1.54, 1.807) is 19.2 Å². The molecule has 0 saturated carbocycles. The number of thioether (sulfide) groups is 1. The fourth-order valence-electron chi connectivity index (χ4n) is 1.73. The molecule has 0 spiro atoms. The molecule has 1 unspecified atom stereocenters. The van der Waals surface area contributed by atoms with Crippen molar-refractivity contribution in [2.45, 2.75) is 29.5 Å². The van der Waals surface area contributed by atoms with E-state index < -0.39 is 0 Å². The highest BCUT2D eigenvalue weighted by atomic mass is 32.2. The minimum absolute atomic E-state index is 0.247. The lowest BCUT2D eigenvalue weighted by Crippen LogP contribution is -2.11. The molecule has 7 heteroatoms. The van der Waals surface area contributed by atoms with E-state index in [1.807, 2.05) is 0 Å². The van der Waals surface area contributed by atoms with Gasteiger partial charge >= 0.3 is 0 Å². The first-order valence-corrected chi connectivity index (χ1v) is 7.63. The molecule has 0 radical (unpaired) electrons. The largest absolute Gasteiger partial charge is 0.385 e. The lowest BCUT2D eigenvalue weighted by molar-refractivity contribution is 0.188. The van der Waals surface area contributed by atoms with Crippen LogP contribution in [0.3, 0.4) is 0 Å². The predicted octanol–water partition coefficient (Wildman–Crippen LogP) is 2.93. The number of aromatic nitrogens is 2. The van der Waals surface area contributed by atoms with Gasteiger partial charge in [0.05, 0.1) is 11.8 Å². The number of methoxy groups -OCH3 is 1. The first kappa shape index (κ1) is 15.9. The molecule has 0 aliphatic rings. The summed E-state index contributed by atoms with van der Waals surface area (Å²) in [5, 5.41) is 3.91. The Morgan fingerprint density at radius 1 is 1.38 bits per heavy atom. The summed E-state index contributed by atoms with van der Waals surface area (Å²) >= 11 is 1.52. The van der Waals surface area contributed by atoms with Crippen molar-refractivity contribution in [3.05, 3.63) is 41.8 Å². The van der Waals surface area contributed by atoms with Gasteiger partial charge in [-0.2, -0.15) is 4.98 Å². The quantitative estimate of drug-likeness (QED) is 0.597. The number of rotatable bonds is 8. The molecule has 0 amide bonds. The zero-order valence-corrected chi connectivity index (χ0v) is 12.6. The van der Waals surface area contributed by atoms with Gasteiger partial charge < -0.3 is 15.0 Å². The van der Waals surface area contributed by atoms with Gasteiger partial charge in [0.2, 0.25) is 5.89 Å². The van der Waals surface area contributed by atoms with Gasteiger partial charge in [-0.05, 0) is 37.1 Å². The van der Waals surface area contributed by atoms with Gasteiger partial charge in [-0.15, -0.1) is 11.8 Å². The van der Waals surface area contributed by atoms with E-state index in [0.717, 1.165) is 17.7 Å². The molecular weight excluding hydrogens is 293 g/mol. The van der Waals surface area contributed by atoms with Crippen LogP contribution in [-0.2, 0) is 10.5 Å². The highest BCUT2D eigenvalue weighted by molar-refractivity contribution is 7.98. The van der Waals surface area contributed by atoms with E-state index in [0.29, 0.717) is 24.1 Å². The summed E-state index contributed by atoms with van der Waals surface area (Å²) in [5.74, 6) is 1.34. The number of nitrogens with two attached hydrogens (primary N) is 1. The standard InChI is InChI=1S/C14H18FN3O2S/c1-19-8-2-3-12(16)14-17-13(18-20-14)9-21-11-6-4-10(15)5-7-11/h4-7,12H,2-3,8-9,16H2,1H3. The van der Waals surface area contributed by atoms with Crippen LogP contribution in [0.25, 0.3) is 0 Å². The fourth-order valence-corrected chi connectivity index (χ4v) is 2.47. The van der Waals surface area contributed by atoms with E-state index in [1.165, 1.54) is 23.9 Å². The normalized spacial score (nSPS) is 12.5. The molecule has 21 heavy (non-hydrogen) atoms. The topological polar surface area (TPSA) is 74.2 Å². The SMILES string of the molecule is COCCCC(N)c1nc(CSc2ccc(F)cc2)no1. The highest BCUT2D eigenvalue weighted by Gasteiger charge is 2.14. The molecule has 1 aromatic carbocycles. The summed E-state index contributed by atoms with van der Waals surface area (Å²) in [6, 6.07) is 6.03. The summed E-state index contributed by atoms with van der Waals surface area (Å²) in [5.41, 5.74) is 5.97. The molecule has 0 aliphatic carbocycles. The monoisotopic (exact) mass is 311 g/mol. The van der Waals surface area contributed by atoms with E-state index in [4.69, 9.17) is 15.0 Å². The van der Waals surface area contributed by atoms with Crippen molar-refractivity contribution in [1.29, 1.82) is 0 Å². The summed E-state index contributed by atoms with van der Waals surface area (Å²) in [6.07, 6.45) is 1.58. The Morgan fingerprint density at radius 3 is 2.86 bits per heavy atom. The Balaban J connectivity index is 1.83. The Bertz CT molecular complexity index is 547. The average Bonchev–Trinajstić information content (AvgIpc) is 2.96. The maximum absolute atomic E-state index is 12.8. The van der Waals surface area contributed by atoms with Crippen molar-refractivity contribution < 1.29 is 13.7 Å². The summed E-state index contributed by atoms with van der Waals surface area (Å²) in [7, 11) is 1.66. The predicted molar refractivity (Wildman–Crippen MR) is 78.3 cm³/mol. The van der Waals surface area contributed by atoms with Crippen LogP contribution in [0.15, 0.2) is 33.7 Å². The van der Waals surface area contributed by atoms with Gasteiger partial charge in [-0.25, -0.2) is 4.39 Å². The van der Waals surface area contributed by atoms with Crippen LogP contribution >= 0.6 is 11.8 Å². The first-order valence-electron chi connectivity index (χ1n) is 6.64. The van der Waals surface area contributed by atoms with E-state index in [9.17, 15) is 4.39 Å². The molecule has 1 heterocycles. The lowest BCUT2D eigenvalue weighted by Gasteiger charge is -2.04. The van der Waals surface area contributed by atoms with Gasteiger partial charge in [-0.3, -0.25) is 0 Å². The summed E-state index contributed by atoms with van der Waals surface area (Å²) in [6.45, 7) is 0.662. The van der Waals surface area contributed by atoms with Crippen LogP contribution in [0.5, 0.6) is 0 Å². The van der Waals surface area contributed by atoms with Crippen LogP contribution in [0, 0.1) is 5.82 Å². The highest BCUT2D eigenvalue weighted by Crippen LogP contribution is 2.22. The molecule has 1 aromatic heterocycles. The molecule has 2 N–H and O–H groups in total. The number of nitrogens with zero attached hydrogens (tertiary/aromatic N) is 2. The Morgan fingerprint density at radius 2 is 2.14 bits per heavy atom. The van der Waals surface area contributed by atoms with Crippen molar-refractivity contribution in [3.8, 4) is 0 Å². The van der Waals surface area contributed by atoms with Crippen molar-refractivity contribution in [2.75, 3.05) is 13.7 Å². The molecule has 5 nitrogen and oxygen atoms in total. The first-order chi connectivity index (χ1) is 10.2. The third-order valence-corrected chi connectivity index (χ3v) is 3.85. The number of halogens is 1. The van der Waals surface area contributed by atoms with Crippen LogP contribution in [0.1, 0.15) is 30.6 Å². The summed E-state index contributed by atoms with van der Waals surface area (Å²) in [4.78, 5) is 5.23. The molecule has 114 valence electrons. The third kappa shape index (κ3) is 5.11. The molecule has 0 bridgehead atoms. The maximum Gasteiger partial charge on any atom is 0.243 e. The molecule has 0 fully saturated rings. The molecule has 0 saturated heterocycles. The van der Waals surface area contributed by atoms with Crippen molar-refractivity contribution >= 4 is 11.8 Å². The summed E-state index contributed by atoms with van der Waals surface area (Å²) < 4.78 is 22.9. The second-order valence-corrected chi connectivity index (χ2v) is 5.58. The minimum atomic E-state index is -0.266. The minimum Gasteiger partial charge on any atom is -0.385 e. The van der Waals surface area contributed by atoms with Crippen molar-refractivity contribution in [3.63, 3.8) is 0 Å². The Hall–Kier alpha value is -1.44. The van der Waals surface area contributed by atoms with Gasteiger partial charge in [0.15, 0.2) is 5.82 Å². The maximum atomic E-state index is 12.8. The van der Waals surface area contributed by atoms with E-state index in [-0.39, 0.29) is 11.9 Å². The third-order valence-electron chi connectivity index (χ3n) is 2.85. The molecule has 0 aliphatic heterocycles. The van der Waals surface area contributed by atoms with Gasteiger partial charge in [-0.1, -0.05) is 5.16 Å². The van der Waals surface area contributed by atoms with Gasteiger partial charge in [0, 0.05) is 18.6 Å². The zero-order valence-electron chi connectivity index (χ0n) is 11.8. The molecule has 1 atom stereocenters. The van der Waals surface area contributed by atoms with E-state index in [2.05, 4.69) is 10.1 Å². The van der Waals surface area contributed by atoms with Crippen LogP contribution in [0.4, 0.5) is 4.39 Å². The molecule has 2 aromatic rings. The Kier molecular flexibility index (Phi) is 6.16. The van der Waals surface area contributed by atoms with Crippen molar-refractivity contribution in [2.24, 2.45) is 5.73 Å². The average molecular weight is 311 g/mol. The van der Waals surface area contributed by atoms with Gasteiger partial charge in [0.1, 0.15) is 5.82 Å².